The second-order valence-corrected chi connectivity index (χ2v) is 8.69. The number of piperidine rings is 1. The van der Waals surface area contributed by atoms with E-state index in [1.807, 2.05) is 4.90 Å². The van der Waals surface area contributed by atoms with Gasteiger partial charge in [-0.25, -0.2) is 0 Å². The fourth-order valence-corrected chi connectivity index (χ4v) is 5.13. The molecule has 0 spiro atoms. The van der Waals surface area contributed by atoms with Crippen LogP contribution in [0.2, 0.25) is 0 Å². The number of nitrogens with one attached hydrogen (secondary N) is 1. The number of ether oxygens (including phenoxy) is 1. The van der Waals surface area contributed by atoms with Gasteiger partial charge in [0, 0.05) is 45.8 Å². The first-order valence-electron chi connectivity index (χ1n) is 11.1. The summed E-state index contributed by atoms with van der Waals surface area (Å²) in [4.78, 5) is 29.2. The minimum absolute atomic E-state index is 0.0244. The number of aliphatic hydroxyl groups excluding tert-OH is 1. The first-order chi connectivity index (χ1) is 13.6. The molecule has 0 aromatic rings. The monoisotopic (exact) mass is 395 g/mol. The van der Waals surface area contributed by atoms with E-state index in [0.717, 1.165) is 38.3 Å². The molecule has 1 saturated carbocycles. The Morgan fingerprint density at radius 2 is 1.86 bits per heavy atom. The van der Waals surface area contributed by atoms with Crippen molar-refractivity contribution in [2.75, 3.05) is 39.9 Å². The van der Waals surface area contributed by atoms with E-state index in [9.17, 15) is 14.7 Å². The number of amides is 2. The van der Waals surface area contributed by atoms with Crippen molar-refractivity contribution in [3.63, 3.8) is 0 Å². The smallest absolute Gasteiger partial charge is 0.237 e. The first kappa shape index (κ1) is 21.5. The molecule has 2 N–H and O–H groups in total. The van der Waals surface area contributed by atoms with Gasteiger partial charge in [-0.05, 0) is 31.6 Å². The van der Waals surface area contributed by atoms with Gasteiger partial charge in [-0.1, -0.05) is 25.7 Å². The SMILES string of the molecule is COCCNC(=O)[C@@H]1C[C@@H](O)CN1C1CCN(C(=O)CCC2CCCC2)CC1. The average molecular weight is 396 g/mol. The minimum Gasteiger partial charge on any atom is -0.392 e. The number of aliphatic hydroxyl groups is 1. The van der Waals surface area contributed by atoms with Gasteiger partial charge in [0.05, 0.1) is 18.8 Å². The van der Waals surface area contributed by atoms with E-state index >= 15 is 0 Å². The summed E-state index contributed by atoms with van der Waals surface area (Å²) in [5.74, 6) is 1.02. The van der Waals surface area contributed by atoms with Crippen LogP contribution in [0.25, 0.3) is 0 Å². The van der Waals surface area contributed by atoms with Crippen LogP contribution in [0.3, 0.4) is 0 Å². The van der Waals surface area contributed by atoms with Gasteiger partial charge in [-0.2, -0.15) is 0 Å². The Labute approximate surface area is 168 Å². The molecule has 0 aromatic carbocycles. The standard InChI is InChI=1S/C21H37N3O4/c1-28-13-10-22-21(27)19-14-18(25)15-24(19)17-8-11-23(12-9-17)20(26)7-6-16-4-2-3-5-16/h16-19,25H,2-15H2,1H3,(H,22,27)/t18-,19+/m1/s1. The third-order valence-electron chi connectivity index (χ3n) is 6.75. The zero-order valence-corrected chi connectivity index (χ0v) is 17.3. The number of carbonyl (C=O) groups excluding carboxylic acids is 2. The molecule has 2 saturated heterocycles. The van der Waals surface area contributed by atoms with Gasteiger partial charge in [0.1, 0.15) is 0 Å². The number of β-amino-alcohol motifs (C(OH)–C–C–N with tert-alkyl or cyclic N) is 1. The number of rotatable bonds is 8. The highest BCUT2D eigenvalue weighted by molar-refractivity contribution is 5.82. The van der Waals surface area contributed by atoms with Crippen molar-refractivity contribution >= 4 is 11.8 Å². The summed E-state index contributed by atoms with van der Waals surface area (Å²) in [6.07, 6.45) is 8.75. The molecule has 0 bridgehead atoms. The predicted molar refractivity (Wildman–Crippen MR) is 107 cm³/mol. The Balaban J connectivity index is 1.44. The number of hydrogen-bond acceptors (Lipinski definition) is 5. The van der Waals surface area contributed by atoms with Gasteiger partial charge < -0.3 is 20.1 Å². The molecule has 3 aliphatic rings. The quantitative estimate of drug-likeness (QED) is 0.603. The summed E-state index contributed by atoms with van der Waals surface area (Å²) in [6, 6.07) is -0.0179. The normalized spacial score (nSPS) is 27.4. The first-order valence-corrected chi connectivity index (χ1v) is 11.1. The van der Waals surface area contributed by atoms with E-state index in [2.05, 4.69) is 10.2 Å². The number of hydrogen-bond donors (Lipinski definition) is 2. The van der Waals surface area contributed by atoms with Gasteiger partial charge in [0.15, 0.2) is 0 Å². The molecule has 7 heteroatoms. The lowest BCUT2D eigenvalue weighted by atomic mass is 9.99. The molecule has 2 heterocycles. The lowest BCUT2D eigenvalue weighted by Crippen LogP contribution is -2.52. The van der Waals surface area contributed by atoms with Crippen LogP contribution < -0.4 is 5.32 Å². The molecular formula is C21H37N3O4. The van der Waals surface area contributed by atoms with Gasteiger partial charge in [-0.3, -0.25) is 14.5 Å². The highest BCUT2D eigenvalue weighted by Gasteiger charge is 2.40. The summed E-state index contributed by atoms with van der Waals surface area (Å²) < 4.78 is 4.99. The number of likely N-dealkylation sites (tertiary alicyclic amines) is 2. The molecule has 2 aliphatic heterocycles. The summed E-state index contributed by atoms with van der Waals surface area (Å²) >= 11 is 0. The number of carbonyl (C=O) groups is 2. The van der Waals surface area contributed by atoms with Crippen molar-refractivity contribution in [3.05, 3.63) is 0 Å². The molecule has 28 heavy (non-hydrogen) atoms. The third-order valence-corrected chi connectivity index (χ3v) is 6.75. The summed E-state index contributed by atoms with van der Waals surface area (Å²) in [6.45, 7) is 3.05. The summed E-state index contributed by atoms with van der Waals surface area (Å²) in [7, 11) is 1.61. The van der Waals surface area contributed by atoms with Gasteiger partial charge in [0.25, 0.3) is 0 Å². The molecule has 0 aromatic heterocycles. The van der Waals surface area contributed by atoms with Crippen molar-refractivity contribution in [1.82, 2.24) is 15.1 Å². The van der Waals surface area contributed by atoms with Crippen molar-refractivity contribution in [3.8, 4) is 0 Å². The fraction of sp³-hybridized carbons (Fsp3) is 0.905. The molecule has 1 aliphatic carbocycles. The van der Waals surface area contributed by atoms with E-state index < -0.39 is 6.10 Å². The molecule has 2 amide bonds. The van der Waals surface area contributed by atoms with Gasteiger partial charge in [0.2, 0.25) is 11.8 Å². The second-order valence-electron chi connectivity index (χ2n) is 8.69. The lowest BCUT2D eigenvalue weighted by Gasteiger charge is -2.39. The van der Waals surface area contributed by atoms with Crippen LogP contribution in [0.4, 0.5) is 0 Å². The summed E-state index contributed by atoms with van der Waals surface area (Å²) in [5, 5.41) is 13.0. The minimum atomic E-state index is -0.454. The molecule has 2 atom stereocenters. The van der Waals surface area contributed by atoms with Crippen molar-refractivity contribution in [1.29, 1.82) is 0 Å². The largest absolute Gasteiger partial charge is 0.392 e. The maximum absolute atomic E-state index is 12.6. The average Bonchev–Trinajstić information content (AvgIpc) is 3.36. The topological polar surface area (TPSA) is 82.1 Å². The van der Waals surface area contributed by atoms with Crippen molar-refractivity contribution < 1.29 is 19.4 Å². The zero-order valence-electron chi connectivity index (χ0n) is 17.3. The summed E-state index contributed by atoms with van der Waals surface area (Å²) in [5.41, 5.74) is 0. The Hall–Kier alpha value is -1.18. The van der Waals surface area contributed by atoms with E-state index in [1.165, 1.54) is 25.7 Å². The molecule has 3 rings (SSSR count). The lowest BCUT2D eigenvalue weighted by molar-refractivity contribution is -0.134. The second kappa shape index (κ2) is 10.6. The van der Waals surface area contributed by atoms with Crippen LogP contribution in [0.5, 0.6) is 0 Å². The molecule has 7 nitrogen and oxygen atoms in total. The van der Waals surface area contributed by atoms with Crippen LogP contribution in [0, 0.1) is 5.92 Å². The highest BCUT2D eigenvalue weighted by Crippen LogP contribution is 2.30. The Kier molecular flexibility index (Phi) is 8.11. The van der Waals surface area contributed by atoms with Crippen LogP contribution in [-0.2, 0) is 14.3 Å². The molecular weight excluding hydrogens is 358 g/mol. The third kappa shape index (κ3) is 5.67. The number of nitrogens with zero attached hydrogens (tertiary/aromatic N) is 2. The van der Waals surface area contributed by atoms with Crippen LogP contribution in [0.15, 0.2) is 0 Å². The van der Waals surface area contributed by atoms with Crippen LogP contribution >= 0.6 is 0 Å². The van der Waals surface area contributed by atoms with E-state index in [1.54, 1.807) is 7.11 Å². The number of methoxy groups -OCH3 is 1. The van der Waals surface area contributed by atoms with E-state index in [4.69, 9.17) is 4.74 Å². The Bertz CT molecular complexity index is 516. The van der Waals surface area contributed by atoms with Crippen molar-refractivity contribution in [2.45, 2.75) is 76.0 Å². The molecule has 0 radical (unpaired) electrons. The highest BCUT2D eigenvalue weighted by atomic mass is 16.5. The molecule has 3 fully saturated rings. The predicted octanol–water partition coefficient (Wildman–Crippen LogP) is 1.15. The Morgan fingerprint density at radius 3 is 2.54 bits per heavy atom. The maximum Gasteiger partial charge on any atom is 0.237 e. The molecule has 0 unspecified atom stereocenters. The fourth-order valence-electron chi connectivity index (χ4n) is 5.13. The van der Waals surface area contributed by atoms with Crippen LogP contribution in [0.1, 0.15) is 57.8 Å². The van der Waals surface area contributed by atoms with E-state index in [0.29, 0.717) is 38.4 Å². The Morgan fingerprint density at radius 1 is 1.14 bits per heavy atom. The van der Waals surface area contributed by atoms with Gasteiger partial charge >= 0.3 is 0 Å². The van der Waals surface area contributed by atoms with Crippen LogP contribution in [-0.4, -0.2) is 84.8 Å². The van der Waals surface area contributed by atoms with E-state index in [-0.39, 0.29) is 18.0 Å². The van der Waals surface area contributed by atoms with Gasteiger partial charge in [-0.15, -0.1) is 0 Å². The zero-order chi connectivity index (χ0) is 19.9. The molecule has 160 valence electrons. The maximum atomic E-state index is 12.6. The van der Waals surface area contributed by atoms with Crippen molar-refractivity contribution in [2.24, 2.45) is 5.92 Å².